The third kappa shape index (κ3) is 1.76. The molecular formula is C8H10N4S. The molecule has 5 heteroatoms. The van der Waals surface area contributed by atoms with Gasteiger partial charge in [-0.1, -0.05) is 0 Å². The molecule has 0 aliphatic carbocycles. The Hall–Kier alpha value is -1.20. The Balaban J connectivity index is 2.23. The number of aromatic amines is 1. The topological polar surface area (TPSA) is 53.6 Å². The van der Waals surface area contributed by atoms with Crippen LogP contribution in [0.4, 0.5) is 0 Å². The van der Waals surface area contributed by atoms with E-state index >= 15 is 0 Å². The van der Waals surface area contributed by atoms with E-state index in [9.17, 15) is 0 Å². The molecule has 0 saturated heterocycles. The van der Waals surface area contributed by atoms with Crippen molar-refractivity contribution in [1.82, 2.24) is 20.3 Å². The maximum absolute atomic E-state index is 4.26. The van der Waals surface area contributed by atoms with E-state index < -0.39 is 0 Å². The van der Waals surface area contributed by atoms with Crippen LogP contribution in [0.25, 0.3) is 10.8 Å². The van der Waals surface area contributed by atoms with Gasteiger partial charge in [-0.2, -0.15) is 0 Å². The van der Waals surface area contributed by atoms with Gasteiger partial charge in [-0.25, -0.2) is 9.97 Å². The summed E-state index contributed by atoms with van der Waals surface area (Å²) in [5.74, 6) is 0.840. The summed E-state index contributed by atoms with van der Waals surface area (Å²) >= 11 is 1.65. The number of hydrogen-bond donors (Lipinski definition) is 2. The van der Waals surface area contributed by atoms with Crippen molar-refractivity contribution in [1.29, 1.82) is 0 Å². The van der Waals surface area contributed by atoms with E-state index in [4.69, 9.17) is 0 Å². The van der Waals surface area contributed by atoms with E-state index in [2.05, 4.69) is 20.3 Å². The fraction of sp³-hybridized carbons (Fsp3) is 0.250. The zero-order valence-electron chi connectivity index (χ0n) is 7.24. The molecular weight excluding hydrogens is 184 g/mol. The number of nitrogens with zero attached hydrogens (tertiary/aromatic N) is 2. The van der Waals surface area contributed by atoms with Crippen molar-refractivity contribution in [2.24, 2.45) is 0 Å². The molecule has 2 heterocycles. The molecule has 0 fully saturated rings. The van der Waals surface area contributed by atoms with Crippen LogP contribution in [0.5, 0.6) is 0 Å². The Morgan fingerprint density at radius 1 is 1.54 bits per heavy atom. The summed E-state index contributed by atoms with van der Waals surface area (Å²) < 4.78 is 0. The van der Waals surface area contributed by atoms with E-state index in [0.717, 1.165) is 17.4 Å². The fourth-order valence-electron chi connectivity index (χ4n) is 1.06. The number of H-pyrrole nitrogens is 1. The van der Waals surface area contributed by atoms with Crippen molar-refractivity contribution >= 4 is 11.3 Å². The van der Waals surface area contributed by atoms with Gasteiger partial charge in [-0.3, -0.25) is 0 Å². The Morgan fingerprint density at radius 3 is 3.15 bits per heavy atom. The molecule has 2 N–H and O–H groups in total. The van der Waals surface area contributed by atoms with Gasteiger partial charge in [-0.15, -0.1) is 11.3 Å². The van der Waals surface area contributed by atoms with Crippen molar-refractivity contribution in [2.45, 2.75) is 6.54 Å². The number of aromatic nitrogens is 3. The highest BCUT2D eigenvalue weighted by atomic mass is 32.1. The van der Waals surface area contributed by atoms with Crippen molar-refractivity contribution in [3.63, 3.8) is 0 Å². The van der Waals surface area contributed by atoms with Gasteiger partial charge in [0, 0.05) is 30.0 Å². The van der Waals surface area contributed by atoms with Gasteiger partial charge < -0.3 is 10.3 Å². The molecule has 0 amide bonds. The average molecular weight is 194 g/mol. The van der Waals surface area contributed by atoms with Gasteiger partial charge in [0.25, 0.3) is 0 Å². The molecule has 2 aromatic heterocycles. The Bertz CT molecular complexity index is 365. The normalized spacial score (nSPS) is 10.5. The summed E-state index contributed by atoms with van der Waals surface area (Å²) in [6.45, 7) is 0.859. The monoisotopic (exact) mass is 194 g/mol. The van der Waals surface area contributed by atoms with Gasteiger partial charge in [0.15, 0.2) is 10.8 Å². The Morgan fingerprint density at radius 2 is 2.46 bits per heavy atom. The molecule has 0 spiro atoms. The van der Waals surface area contributed by atoms with E-state index in [0.29, 0.717) is 0 Å². The third-order valence-corrected chi connectivity index (χ3v) is 2.61. The molecule has 2 aromatic rings. The second kappa shape index (κ2) is 3.68. The first kappa shape index (κ1) is 8.40. The van der Waals surface area contributed by atoms with Crippen molar-refractivity contribution < 1.29 is 0 Å². The van der Waals surface area contributed by atoms with Crippen LogP contribution in [-0.4, -0.2) is 22.0 Å². The van der Waals surface area contributed by atoms with Crippen LogP contribution in [0.1, 0.15) is 4.88 Å². The smallest absolute Gasteiger partial charge is 0.166 e. The minimum absolute atomic E-state index is 0.840. The lowest BCUT2D eigenvalue weighted by molar-refractivity contribution is 0.829. The highest BCUT2D eigenvalue weighted by Crippen LogP contribution is 2.21. The lowest BCUT2D eigenvalue weighted by Crippen LogP contribution is -2.02. The standard InChI is InChI=1S/C8H10N4S/c1-9-4-6-5-12-8(13-6)7-10-2-3-11-7/h2-3,5,9H,4H2,1H3,(H,10,11). The van der Waals surface area contributed by atoms with Crippen LogP contribution < -0.4 is 5.32 Å². The number of nitrogens with one attached hydrogen (secondary N) is 2. The van der Waals surface area contributed by atoms with E-state index in [-0.39, 0.29) is 0 Å². The van der Waals surface area contributed by atoms with Crippen LogP contribution >= 0.6 is 11.3 Å². The molecule has 2 rings (SSSR count). The van der Waals surface area contributed by atoms with E-state index in [1.165, 1.54) is 4.88 Å². The lowest BCUT2D eigenvalue weighted by Gasteiger charge is -1.90. The number of imidazole rings is 1. The second-order valence-electron chi connectivity index (χ2n) is 2.60. The van der Waals surface area contributed by atoms with Gasteiger partial charge in [0.2, 0.25) is 0 Å². The first-order valence-electron chi connectivity index (χ1n) is 3.99. The minimum Gasteiger partial charge on any atom is -0.343 e. The molecule has 0 aliphatic heterocycles. The molecule has 0 radical (unpaired) electrons. The van der Waals surface area contributed by atoms with Gasteiger partial charge >= 0.3 is 0 Å². The summed E-state index contributed by atoms with van der Waals surface area (Å²) in [6.07, 6.45) is 5.40. The first-order valence-corrected chi connectivity index (χ1v) is 4.81. The molecule has 0 aliphatic rings. The van der Waals surface area contributed by atoms with Gasteiger partial charge in [0.1, 0.15) is 0 Å². The van der Waals surface area contributed by atoms with Crippen LogP contribution in [0, 0.1) is 0 Å². The minimum atomic E-state index is 0.840. The Labute approximate surface area is 80.1 Å². The average Bonchev–Trinajstić information content (AvgIpc) is 2.70. The van der Waals surface area contributed by atoms with Crippen LogP contribution in [0.15, 0.2) is 18.6 Å². The summed E-state index contributed by atoms with van der Waals surface area (Å²) in [5, 5.41) is 4.02. The summed E-state index contributed by atoms with van der Waals surface area (Å²) in [6, 6.07) is 0. The quantitative estimate of drug-likeness (QED) is 0.773. The predicted molar refractivity (Wildman–Crippen MR) is 52.5 cm³/mol. The molecule has 0 bridgehead atoms. The second-order valence-corrected chi connectivity index (χ2v) is 3.72. The van der Waals surface area contributed by atoms with Gasteiger partial charge in [-0.05, 0) is 7.05 Å². The Kier molecular flexibility index (Phi) is 2.37. The maximum Gasteiger partial charge on any atom is 0.166 e. The largest absolute Gasteiger partial charge is 0.343 e. The highest BCUT2D eigenvalue weighted by molar-refractivity contribution is 7.14. The molecule has 0 aromatic carbocycles. The van der Waals surface area contributed by atoms with Gasteiger partial charge in [0.05, 0.1) is 0 Å². The zero-order chi connectivity index (χ0) is 9.10. The van der Waals surface area contributed by atoms with E-state index in [1.807, 2.05) is 13.2 Å². The molecule has 0 saturated carbocycles. The number of hydrogen-bond acceptors (Lipinski definition) is 4. The van der Waals surface area contributed by atoms with Crippen LogP contribution in [0.3, 0.4) is 0 Å². The molecule has 13 heavy (non-hydrogen) atoms. The first-order chi connectivity index (χ1) is 6.40. The molecule has 0 atom stereocenters. The molecule has 0 unspecified atom stereocenters. The lowest BCUT2D eigenvalue weighted by atomic mass is 10.5. The zero-order valence-corrected chi connectivity index (χ0v) is 8.06. The van der Waals surface area contributed by atoms with Crippen LogP contribution in [0.2, 0.25) is 0 Å². The number of rotatable bonds is 3. The fourth-order valence-corrected chi connectivity index (χ4v) is 1.94. The van der Waals surface area contributed by atoms with Crippen molar-refractivity contribution in [3.8, 4) is 10.8 Å². The molecule has 68 valence electrons. The molecule has 4 nitrogen and oxygen atoms in total. The maximum atomic E-state index is 4.26. The summed E-state index contributed by atoms with van der Waals surface area (Å²) in [7, 11) is 1.92. The van der Waals surface area contributed by atoms with Crippen LogP contribution in [-0.2, 0) is 6.54 Å². The third-order valence-electron chi connectivity index (χ3n) is 1.61. The van der Waals surface area contributed by atoms with Crippen molar-refractivity contribution in [3.05, 3.63) is 23.5 Å². The predicted octanol–water partition coefficient (Wildman–Crippen LogP) is 1.25. The summed E-state index contributed by atoms with van der Waals surface area (Å²) in [5.41, 5.74) is 0. The summed E-state index contributed by atoms with van der Waals surface area (Å²) in [4.78, 5) is 12.6. The number of thiazole rings is 1. The van der Waals surface area contributed by atoms with Crippen molar-refractivity contribution in [2.75, 3.05) is 7.05 Å². The highest BCUT2D eigenvalue weighted by Gasteiger charge is 2.04. The van der Waals surface area contributed by atoms with E-state index in [1.54, 1.807) is 23.7 Å². The SMILES string of the molecule is CNCc1cnc(-c2ncc[nH]2)s1.